The Hall–Kier alpha value is -1.68. The number of nitrogens with zero attached hydrogens (tertiary/aromatic N) is 5. The first-order valence-electron chi connectivity index (χ1n) is 10.2. The van der Waals surface area contributed by atoms with Gasteiger partial charge in [0, 0.05) is 51.9 Å². The fourth-order valence-electron chi connectivity index (χ4n) is 3.43. The molecule has 2 aromatic rings. The fourth-order valence-corrected chi connectivity index (χ4v) is 3.43. The van der Waals surface area contributed by atoms with Crippen LogP contribution in [0, 0.1) is 12.8 Å². The number of imidazole rings is 1. The number of aromatic nitrogens is 3. The Kier molecular flexibility index (Phi) is 9.86. The van der Waals surface area contributed by atoms with Crippen LogP contribution in [0.5, 0.6) is 0 Å². The molecule has 0 saturated carbocycles. The van der Waals surface area contributed by atoms with Crippen molar-refractivity contribution in [2.75, 3.05) is 33.4 Å². The topological polar surface area (TPSA) is 67.6 Å². The van der Waals surface area contributed by atoms with Gasteiger partial charge in [-0.1, -0.05) is 6.07 Å². The second-order valence-corrected chi connectivity index (χ2v) is 7.31. The van der Waals surface area contributed by atoms with Crippen LogP contribution >= 0.6 is 24.0 Å². The van der Waals surface area contributed by atoms with Gasteiger partial charge in [-0.3, -0.25) is 4.57 Å². The highest BCUT2D eigenvalue weighted by Gasteiger charge is 2.15. The van der Waals surface area contributed by atoms with Crippen molar-refractivity contribution < 1.29 is 4.74 Å². The Bertz CT molecular complexity index is 755. The van der Waals surface area contributed by atoms with Gasteiger partial charge in [0.15, 0.2) is 5.96 Å². The normalized spacial score (nSPS) is 15.1. The molecule has 0 radical (unpaired) electrons. The monoisotopic (exact) mass is 512 g/mol. The van der Waals surface area contributed by atoms with Gasteiger partial charge in [-0.15, -0.1) is 24.0 Å². The summed E-state index contributed by atoms with van der Waals surface area (Å²) in [6, 6.07) is 4.10. The number of pyridine rings is 1. The van der Waals surface area contributed by atoms with E-state index in [1.807, 2.05) is 30.0 Å². The summed E-state index contributed by atoms with van der Waals surface area (Å²) in [5.74, 6) is 3.52. The average Bonchev–Trinajstić information content (AvgIpc) is 3.16. The molecular formula is C21H33IN6O. The molecule has 0 bridgehead atoms. The highest BCUT2D eigenvalue weighted by molar-refractivity contribution is 14.0. The van der Waals surface area contributed by atoms with E-state index in [1.165, 1.54) is 19.3 Å². The van der Waals surface area contributed by atoms with Gasteiger partial charge in [-0.25, -0.2) is 15.0 Å². The molecule has 3 rings (SSSR count). The molecule has 3 heterocycles. The maximum absolute atomic E-state index is 5.46. The van der Waals surface area contributed by atoms with E-state index in [0.717, 1.165) is 55.4 Å². The Morgan fingerprint density at radius 2 is 2.10 bits per heavy atom. The van der Waals surface area contributed by atoms with Gasteiger partial charge in [-0.2, -0.15) is 0 Å². The lowest BCUT2D eigenvalue weighted by Gasteiger charge is -2.26. The fraction of sp³-hybridized carbons (Fsp3) is 0.571. The number of aliphatic imine (C=N–C) groups is 1. The first-order chi connectivity index (χ1) is 13.7. The minimum Gasteiger partial charge on any atom is -0.381 e. The van der Waals surface area contributed by atoms with Gasteiger partial charge in [0.1, 0.15) is 11.6 Å². The molecule has 1 N–H and O–H groups in total. The van der Waals surface area contributed by atoms with Crippen LogP contribution < -0.4 is 5.32 Å². The molecule has 0 unspecified atom stereocenters. The molecule has 160 valence electrons. The van der Waals surface area contributed by atoms with Gasteiger partial charge in [-0.05, 0) is 50.7 Å². The molecule has 0 aliphatic carbocycles. The lowest BCUT2D eigenvalue weighted by molar-refractivity contribution is 0.0625. The van der Waals surface area contributed by atoms with Crippen LogP contribution in [0.4, 0.5) is 0 Å². The number of aryl methyl sites for hydroxylation is 1. The van der Waals surface area contributed by atoms with Crippen LogP contribution in [0.1, 0.15) is 37.6 Å². The summed E-state index contributed by atoms with van der Waals surface area (Å²) in [5.41, 5.74) is 1.09. The summed E-state index contributed by atoms with van der Waals surface area (Å²) in [7, 11) is 2.12. The minimum absolute atomic E-state index is 0. The third-order valence-electron chi connectivity index (χ3n) is 5.20. The maximum Gasteiger partial charge on any atom is 0.193 e. The first-order valence-corrected chi connectivity index (χ1v) is 10.2. The maximum atomic E-state index is 5.46. The zero-order chi connectivity index (χ0) is 19.8. The third kappa shape index (κ3) is 6.95. The van der Waals surface area contributed by atoms with Gasteiger partial charge in [0.25, 0.3) is 0 Å². The molecule has 29 heavy (non-hydrogen) atoms. The summed E-state index contributed by atoms with van der Waals surface area (Å²) in [4.78, 5) is 15.8. The second-order valence-electron chi connectivity index (χ2n) is 7.31. The molecule has 1 saturated heterocycles. The lowest BCUT2D eigenvalue weighted by Crippen LogP contribution is -2.40. The Morgan fingerprint density at radius 3 is 2.72 bits per heavy atom. The predicted molar refractivity (Wildman–Crippen MR) is 127 cm³/mol. The van der Waals surface area contributed by atoms with Crippen molar-refractivity contribution in [3.8, 4) is 5.82 Å². The van der Waals surface area contributed by atoms with Crippen LogP contribution in [0.15, 0.2) is 35.7 Å². The minimum atomic E-state index is 0. The molecule has 1 aliphatic rings. The van der Waals surface area contributed by atoms with Crippen LogP contribution in [-0.2, 0) is 11.3 Å². The average molecular weight is 512 g/mol. The standard InChI is InChI=1S/C21H32N6O.HI/c1-4-22-21(26(3)11-7-18-8-13-28-14-9-18)25-16-19-5-6-20(24-15-19)27-12-10-23-17(27)2;/h5-6,10,12,15,18H,4,7-9,11,13-14,16H2,1-3H3,(H,22,25);1H. The Balaban J connectivity index is 0.00000300. The van der Waals surface area contributed by atoms with E-state index in [9.17, 15) is 0 Å². The Morgan fingerprint density at radius 1 is 1.31 bits per heavy atom. The lowest BCUT2D eigenvalue weighted by atomic mass is 9.96. The zero-order valence-electron chi connectivity index (χ0n) is 17.7. The largest absolute Gasteiger partial charge is 0.381 e. The van der Waals surface area contributed by atoms with E-state index in [1.54, 1.807) is 6.20 Å². The number of ether oxygens (including phenoxy) is 1. The molecule has 0 amide bonds. The number of nitrogens with one attached hydrogen (secondary N) is 1. The van der Waals surface area contributed by atoms with Crippen LogP contribution in [0.25, 0.3) is 5.82 Å². The summed E-state index contributed by atoms with van der Waals surface area (Å²) >= 11 is 0. The summed E-state index contributed by atoms with van der Waals surface area (Å²) in [6.45, 7) is 8.36. The molecule has 8 heteroatoms. The van der Waals surface area contributed by atoms with Gasteiger partial charge in [0.05, 0.1) is 6.54 Å². The van der Waals surface area contributed by atoms with E-state index in [-0.39, 0.29) is 24.0 Å². The van der Waals surface area contributed by atoms with Crippen molar-refractivity contribution in [1.29, 1.82) is 0 Å². The predicted octanol–water partition coefficient (Wildman–Crippen LogP) is 3.41. The van der Waals surface area contributed by atoms with Crippen molar-refractivity contribution in [1.82, 2.24) is 24.8 Å². The molecule has 0 spiro atoms. The molecule has 2 aromatic heterocycles. The highest BCUT2D eigenvalue weighted by Crippen LogP contribution is 2.18. The number of hydrogen-bond donors (Lipinski definition) is 1. The van der Waals surface area contributed by atoms with E-state index < -0.39 is 0 Å². The van der Waals surface area contributed by atoms with Crippen molar-refractivity contribution in [2.45, 2.75) is 39.7 Å². The number of guanidine groups is 1. The van der Waals surface area contributed by atoms with Gasteiger partial charge >= 0.3 is 0 Å². The van der Waals surface area contributed by atoms with Crippen molar-refractivity contribution in [3.63, 3.8) is 0 Å². The van der Waals surface area contributed by atoms with E-state index in [0.29, 0.717) is 6.54 Å². The van der Waals surface area contributed by atoms with Crippen LogP contribution in [0.3, 0.4) is 0 Å². The smallest absolute Gasteiger partial charge is 0.193 e. The van der Waals surface area contributed by atoms with E-state index >= 15 is 0 Å². The number of halogens is 1. The molecule has 1 fully saturated rings. The van der Waals surface area contributed by atoms with Gasteiger partial charge in [0.2, 0.25) is 0 Å². The van der Waals surface area contributed by atoms with Crippen molar-refractivity contribution in [3.05, 3.63) is 42.1 Å². The molecule has 0 atom stereocenters. The Labute approximate surface area is 191 Å². The quantitative estimate of drug-likeness (QED) is 0.350. The SMILES string of the molecule is CCNC(=NCc1ccc(-n2ccnc2C)nc1)N(C)CCC1CCOCC1.I. The van der Waals surface area contributed by atoms with E-state index in [4.69, 9.17) is 9.73 Å². The number of hydrogen-bond acceptors (Lipinski definition) is 4. The van der Waals surface area contributed by atoms with Crippen LogP contribution in [0.2, 0.25) is 0 Å². The highest BCUT2D eigenvalue weighted by atomic mass is 127. The summed E-state index contributed by atoms with van der Waals surface area (Å²) in [6.07, 6.45) is 9.14. The molecular weight excluding hydrogens is 479 g/mol. The summed E-state index contributed by atoms with van der Waals surface area (Å²) < 4.78 is 7.43. The zero-order valence-corrected chi connectivity index (χ0v) is 20.0. The first kappa shape index (κ1) is 23.6. The van der Waals surface area contributed by atoms with Gasteiger partial charge < -0.3 is 15.0 Å². The second kappa shape index (κ2) is 12.1. The van der Waals surface area contributed by atoms with Crippen molar-refractivity contribution in [2.24, 2.45) is 10.9 Å². The van der Waals surface area contributed by atoms with E-state index in [2.05, 4.69) is 40.2 Å². The molecule has 7 nitrogen and oxygen atoms in total. The molecule has 0 aromatic carbocycles. The molecule has 1 aliphatic heterocycles. The third-order valence-corrected chi connectivity index (χ3v) is 5.20. The van der Waals surface area contributed by atoms with Crippen molar-refractivity contribution >= 4 is 29.9 Å². The van der Waals surface area contributed by atoms with Crippen LogP contribution in [-0.4, -0.2) is 58.7 Å². The number of rotatable bonds is 7. The summed E-state index contributed by atoms with van der Waals surface area (Å²) in [5, 5.41) is 3.40.